The molecule has 6 heteroatoms. The number of rotatable bonds is 6. The minimum atomic E-state index is -0.630. The molecule has 0 aliphatic heterocycles. The maximum Gasteiger partial charge on any atom is 0.329 e. The fourth-order valence-corrected chi connectivity index (χ4v) is 2.21. The van der Waals surface area contributed by atoms with Gasteiger partial charge < -0.3 is 20.1 Å². The van der Waals surface area contributed by atoms with Crippen LogP contribution in [-0.2, 0) is 19.1 Å². The highest BCUT2D eigenvalue weighted by Crippen LogP contribution is 2.21. The van der Waals surface area contributed by atoms with Gasteiger partial charge >= 0.3 is 5.97 Å². The van der Waals surface area contributed by atoms with Crippen molar-refractivity contribution in [3.05, 3.63) is 0 Å². The summed E-state index contributed by atoms with van der Waals surface area (Å²) in [7, 11) is 3.02. The zero-order valence-electron chi connectivity index (χ0n) is 11.2. The Bertz CT molecular complexity index is 296. The van der Waals surface area contributed by atoms with Crippen molar-refractivity contribution in [1.82, 2.24) is 10.6 Å². The van der Waals surface area contributed by atoms with Crippen molar-refractivity contribution in [3.63, 3.8) is 0 Å². The molecule has 1 rings (SSSR count). The van der Waals surface area contributed by atoms with Crippen molar-refractivity contribution in [3.8, 4) is 0 Å². The summed E-state index contributed by atoms with van der Waals surface area (Å²) in [6, 6.07) is -0.301. The van der Waals surface area contributed by atoms with Crippen LogP contribution < -0.4 is 10.6 Å². The molecule has 3 unspecified atom stereocenters. The van der Waals surface area contributed by atoms with Gasteiger partial charge in [-0.25, -0.2) is 4.79 Å². The van der Waals surface area contributed by atoms with E-state index in [9.17, 15) is 9.59 Å². The second-order valence-corrected chi connectivity index (χ2v) is 4.55. The normalized spacial score (nSPS) is 24.6. The van der Waals surface area contributed by atoms with Crippen LogP contribution >= 0.6 is 0 Å². The van der Waals surface area contributed by atoms with Crippen LogP contribution in [0.1, 0.15) is 26.2 Å². The summed E-state index contributed by atoms with van der Waals surface area (Å²) in [5, 5.41) is 5.84. The van der Waals surface area contributed by atoms with Gasteiger partial charge in [0.15, 0.2) is 0 Å². The van der Waals surface area contributed by atoms with Crippen molar-refractivity contribution in [1.29, 1.82) is 0 Å². The minimum absolute atomic E-state index is 0.242. The van der Waals surface area contributed by atoms with Gasteiger partial charge in [0, 0.05) is 26.6 Å². The number of hydrogen-bond acceptors (Lipinski definition) is 5. The standard InChI is InChI=1S/C12H22N2O4/c1-8(15)14-11(12(16)18-3)7-13-9-4-5-10(6-9)17-2/h9-11,13H,4-7H2,1-3H3,(H,14,15). The Morgan fingerprint density at radius 2 is 2.06 bits per heavy atom. The number of carbonyl (C=O) groups is 2. The molecule has 0 aromatic rings. The fourth-order valence-electron chi connectivity index (χ4n) is 2.21. The van der Waals surface area contributed by atoms with Gasteiger partial charge in [0.05, 0.1) is 13.2 Å². The van der Waals surface area contributed by atoms with Crippen LogP contribution in [-0.4, -0.2) is 50.8 Å². The van der Waals surface area contributed by atoms with Crippen LogP contribution in [0, 0.1) is 0 Å². The lowest BCUT2D eigenvalue weighted by Gasteiger charge is -2.19. The first kappa shape index (κ1) is 14.9. The molecule has 1 aliphatic carbocycles. The highest BCUT2D eigenvalue weighted by Gasteiger charge is 2.26. The predicted molar refractivity (Wildman–Crippen MR) is 66.1 cm³/mol. The third kappa shape index (κ3) is 4.62. The predicted octanol–water partition coefficient (Wildman–Crippen LogP) is -0.179. The Labute approximate surface area is 107 Å². The van der Waals surface area contributed by atoms with Gasteiger partial charge in [0.25, 0.3) is 0 Å². The molecule has 0 heterocycles. The Kier molecular flexibility index (Phi) is 6.07. The molecular weight excluding hydrogens is 236 g/mol. The van der Waals surface area contributed by atoms with E-state index in [1.165, 1.54) is 14.0 Å². The number of ether oxygens (including phenoxy) is 2. The highest BCUT2D eigenvalue weighted by molar-refractivity contribution is 5.83. The molecular formula is C12H22N2O4. The quantitative estimate of drug-likeness (QED) is 0.646. The third-order valence-electron chi connectivity index (χ3n) is 3.19. The van der Waals surface area contributed by atoms with E-state index in [1.54, 1.807) is 7.11 Å². The number of esters is 1. The fraction of sp³-hybridized carbons (Fsp3) is 0.833. The lowest BCUT2D eigenvalue weighted by molar-refractivity contribution is -0.144. The number of amides is 1. The van der Waals surface area contributed by atoms with E-state index in [-0.39, 0.29) is 5.91 Å². The summed E-state index contributed by atoms with van der Waals surface area (Å²) in [5.41, 5.74) is 0. The molecule has 6 nitrogen and oxygen atoms in total. The van der Waals surface area contributed by atoms with Crippen molar-refractivity contribution < 1.29 is 19.1 Å². The molecule has 0 bridgehead atoms. The first-order chi connectivity index (χ1) is 8.56. The van der Waals surface area contributed by atoms with E-state index in [4.69, 9.17) is 4.74 Å². The second kappa shape index (κ2) is 7.33. The van der Waals surface area contributed by atoms with Crippen LogP contribution in [0.25, 0.3) is 0 Å². The Hall–Kier alpha value is -1.14. The molecule has 2 N–H and O–H groups in total. The number of carbonyl (C=O) groups excluding carboxylic acids is 2. The van der Waals surface area contributed by atoms with Crippen molar-refractivity contribution in [2.45, 2.75) is 44.4 Å². The first-order valence-electron chi connectivity index (χ1n) is 6.18. The maximum absolute atomic E-state index is 11.5. The summed E-state index contributed by atoms with van der Waals surface area (Å²) in [6.07, 6.45) is 3.27. The molecule has 0 aromatic carbocycles. The van der Waals surface area contributed by atoms with Gasteiger partial charge in [0.1, 0.15) is 6.04 Å². The molecule has 0 radical (unpaired) electrons. The number of hydrogen-bond donors (Lipinski definition) is 2. The van der Waals surface area contributed by atoms with Gasteiger partial charge in [0.2, 0.25) is 5.91 Å². The van der Waals surface area contributed by atoms with E-state index in [0.717, 1.165) is 19.3 Å². The van der Waals surface area contributed by atoms with Gasteiger partial charge in [-0.2, -0.15) is 0 Å². The molecule has 1 fully saturated rings. The first-order valence-corrected chi connectivity index (χ1v) is 6.18. The van der Waals surface area contributed by atoms with Crippen LogP contribution in [0.5, 0.6) is 0 Å². The zero-order valence-corrected chi connectivity index (χ0v) is 11.2. The minimum Gasteiger partial charge on any atom is -0.467 e. The summed E-state index contributed by atoms with van der Waals surface area (Å²) >= 11 is 0. The number of nitrogens with one attached hydrogen (secondary N) is 2. The highest BCUT2D eigenvalue weighted by atomic mass is 16.5. The van der Waals surface area contributed by atoms with Crippen LogP contribution in [0.4, 0.5) is 0 Å². The Morgan fingerprint density at radius 1 is 1.33 bits per heavy atom. The molecule has 0 aromatic heterocycles. The second-order valence-electron chi connectivity index (χ2n) is 4.55. The van der Waals surface area contributed by atoms with E-state index >= 15 is 0 Å². The molecule has 0 saturated heterocycles. The van der Waals surface area contributed by atoms with Gasteiger partial charge in [-0.3, -0.25) is 4.79 Å². The SMILES string of the molecule is COC(=O)C(CNC1CCC(OC)C1)NC(C)=O. The molecule has 104 valence electrons. The van der Waals surface area contributed by atoms with Crippen LogP contribution in [0.15, 0.2) is 0 Å². The van der Waals surface area contributed by atoms with E-state index in [1.807, 2.05) is 0 Å². The zero-order chi connectivity index (χ0) is 13.5. The lowest BCUT2D eigenvalue weighted by atomic mass is 10.2. The topological polar surface area (TPSA) is 76.7 Å². The van der Waals surface area contributed by atoms with Crippen molar-refractivity contribution >= 4 is 11.9 Å². The molecule has 0 spiro atoms. The van der Waals surface area contributed by atoms with Crippen LogP contribution in [0.3, 0.4) is 0 Å². The smallest absolute Gasteiger partial charge is 0.329 e. The third-order valence-corrected chi connectivity index (χ3v) is 3.19. The number of methoxy groups -OCH3 is 2. The average molecular weight is 258 g/mol. The van der Waals surface area contributed by atoms with E-state index < -0.39 is 12.0 Å². The average Bonchev–Trinajstić information content (AvgIpc) is 2.81. The Balaban J connectivity index is 2.37. The molecule has 1 saturated carbocycles. The van der Waals surface area contributed by atoms with E-state index in [2.05, 4.69) is 15.4 Å². The van der Waals surface area contributed by atoms with Gasteiger partial charge in [-0.05, 0) is 19.3 Å². The van der Waals surface area contributed by atoms with E-state index in [0.29, 0.717) is 18.7 Å². The summed E-state index contributed by atoms with van der Waals surface area (Å²) in [4.78, 5) is 22.5. The van der Waals surface area contributed by atoms with Crippen molar-refractivity contribution in [2.24, 2.45) is 0 Å². The van der Waals surface area contributed by atoms with Crippen LogP contribution in [0.2, 0.25) is 0 Å². The Morgan fingerprint density at radius 3 is 2.56 bits per heavy atom. The summed E-state index contributed by atoms with van der Waals surface area (Å²) < 4.78 is 9.93. The van der Waals surface area contributed by atoms with Gasteiger partial charge in [-0.1, -0.05) is 0 Å². The molecule has 3 atom stereocenters. The largest absolute Gasteiger partial charge is 0.467 e. The maximum atomic E-state index is 11.5. The summed E-state index contributed by atoms with van der Waals surface area (Å²) in [6.45, 7) is 1.76. The van der Waals surface area contributed by atoms with Gasteiger partial charge in [-0.15, -0.1) is 0 Å². The molecule has 18 heavy (non-hydrogen) atoms. The lowest BCUT2D eigenvalue weighted by Crippen LogP contribution is -2.48. The van der Waals surface area contributed by atoms with Crippen molar-refractivity contribution in [2.75, 3.05) is 20.8 Å². The molecule has 1 aliphatic rings. The molecule has 1 amide bonds. The monoisotopic (exact) mass is 258 g/mol. The summed E-state index contributed by atoms with van der Waals surface area (Å²) in [5.74, 6) is -0.674.